The molecule has 2 atom stereocenters. The first kappa shape index (κ1) is 18.2. The van der Waals surface area contributed by atoms with Crippen LogP contribution in [0.3, 0.4) is 0 Å². The third-order valence-electron chi connectivity index (χ3n) is 3.26. The van der Waals surface area contributed by atoms with Gasteiger partial charge in [-0.3, -0.25) is 4.79 Å². The molecule has 19 heavy (non-hydrogen) atoms. The van der Waals surface area contributed by atoms with Crippen molar-refractivity contribution in [2.24, 2.45) is 0 Å². The number of carbonyl (C=O) groups excluding carboxylic acids is 1. The maximum absolute atomic E-state index is 11.8. The standard InChI is InChI=1S/C12H20N4O.2ClH/c1-10-11(3-2-5-14-10)15-12(17)4-7-16-8-6-13-9-16;;/h6,8-11,14H,2-5,7H2,1H3,(H,15,17);2*1H. The number of amides is 1. The number of halogens is 2. The number of rotatable bonds is 4. The Morgan fingerprint density at radius 2 is 2.32 bits per heavy atom. The summed E-state index contributed by atoms with van der Waals surface area (Å²) < 4.78 is 1.92. The first-order chi connectivity index (χ1) is 8.25. The molecule has 2 unspecified atom stereocenters. The number of piperidine rings is 1. The van der Waals surface area contributed by atoms with E-state index in [4.69, 9.17) is 0 Å². The van der Waals surface area contributed by atoms with Crippen molar-refractivity contribution in [1.29, 1.82) is 0 Å². The molecular formula is C12H22Cl2N4O. The van der Waals surface area contributed by atoms with Crippen molar-refractivity contribution in [3.63, 3.8) is 0 Å². The second-order valence-corrected chi connectivity index (χ2v) is 4.61. The number of aryl methyl sites for hydroxylation is 1. The molecule has 2 N–H and O–H groups in total. The van der Waals surface area contributed by atoms with Crippen molar-refractivity contribution in [3.05, 3.63) is 18.7 Å². The molecule has 5 nitrogen and oxygen atoms in total. The lowest BCUT2D eigenvalue weighted by atomic mass is 10.00. The Balaban J connectivity index is 0.00000162. The second-order valence-electron chi connectivity index (χ2n) is 4.61. The molecule has 1 fully saturated rings. The molecule has 1 aromatic rings. The summed E-state index contributed by atoms with van der Waals surface area (Å²) in [5.74, 6) is 0.124. The SMILES string of the molecule is CC1NCCCC1NC(=O)CCn1ccnc1.Cl.Cl. The largest absolute Gasteiger partial charge is 0.352 e. The number of nitrogens with one attached hydrogen (secondary N) is 2. The van der Waals surface area contributed by atoms with E-state index < -0.39 is 0 Å². The van der Waals surface area contributed by atoms with E-state index in [0.29, 0.717) is 19.0 Å². The molecule has 1 aromatic heterocycles. The summed E-state index contributed by atoms with van der Waals surface area (Å²) in [4.78, 5) is 15.7. The molecular weight excluding hydrogens is 287 g/mol. The Hall–Kier alpha value is -0.780. The van der Waals surface area contributed by atoms with Crippen molar-refractivity contribution >= 4 is 30.7 Å². The van der Waals surface area contributed by atoms with Crippen molar-refractivity contribution < 1.29 is 4.79 Å². The van der Waals surface area contributed by atoms with E-state index in [1.54, 1.807) is 12.5 Å². The Bertz CT molecular complexity index is 359. The monoisotopic (exact) mass is 308 g/mol. The van der Waals surface area contributed by atoms with Gasteiger partial charge in [0.05, 0.1) is 6.33 Å². The molecule has 1 saturated heterocycles. The van der Waals surface area contributed by atoms with Crippen molar-refractivity contribution in [1.82, 2.24) is 20.2 Å². The molecule has 0 bridgehead atoms. The highest BCUT2D eigenvalue weighted by molar-refractivity contribution is 5.85. The van der Waals surface area contributed by atoms with Gasteiger partial charge in [0.15, 0.2) is 0 Å². The molecule has 2 heterocycles. The fourth-order valence-corrected chi connectivity index (χ4v) is 2.17. The topological polar surface area (TPSA) is 58.9 Å². The van der Waals surface area contributed by atoms with Gasteiger partial charge in [0.2, 0.25) is 5.91 Å². The third-order valence-corrected chi connectivity index (χ3v) is 3.26. The molecule has 7 heteroatoms. The van der Waals surface area contributed by atoms with Gasteiger partial charge in [-0.25, -0.2) is 4.98 Å². The van der Waals surface area contributed by atoms with Gasteiger partial charge in [0.25, 0.3) is 0 Å². The minimum Gasteiger partial charge on any atom is -0.352 e. The maximum atomic E-state index is 11.8. The van der Waals surface area contributed by atoms with Crippen molar-refractivity contribution in [2.45, 2.75) is 44.8 Å². The van der Waals surface area contributed by atoms with E-state index in [2.05, 4.69) is 22.5 Å². The van der Waals surface area contributed by atoms with E-state index in [1.807, 2.05) is 10.8 Å². The van der Waals surface area contributed by atoms with E-state index >= 15 is 0 Å². The lowest BCUT2D eigenvalue weighted by molar-refractivity contribution is -0.122. The number of aromatic nitrogens is 2. The average Bonchev–Trinajstić information content (AvgIpc) is 2.82. The molecule has 2 rings (SSSR count). The minimum absolute atomic E-state index is 0. The zero-order valence-corrected chi connectivity index (χ0v) is 12.7. The van der Waals surface area contributed by atoms with Crippen LogP contribution in [0.2, 0.25) is 0 Å². The molecule has 0 aliphatic carbocycles. The van der Waals surface area contributed by atoms with Gasteiger partial charge < -0.3 is 15.2 Å². The van der Waals surface area contributed by atoms with Crippen LogP contribution in [0.4, 0.5) is 0 Å². The molecule has 0 saturated carbocycles. The molecule has 110 valence electrons. The predicted molar refractivity (Wildman–Crippen MR) is 80.0 cm³/mol. The van der Waals surface area contributed by atoms with Crippen molar-refractivity contribution in [3.8, 4) is 0 Å². The average molecular weight is 309 g/mol. The number of imidazole rings is 1. The van der Waals surface area contributed by atoms with Crippen LogP contribution in [0, 0.1) is 0 Å². The maximum Gasteiger partial charge on any atom is 0.222 e. The molecule has 1 aliphatic rings. The summed E-state index contributed by atoms with van der Waals surface area (Å²) in [7, 11) is 0. The fourth-order valence-electron chi connectivity index (χ4n) is 2.17. The molecule has 0 radical (unpaired) electrons. The van der Waals surface area contributed by atoms with Gasteiger partial charge in [-0.15, -0.1) is 24.8 Å². The summed E-state index contributed by atoms with van der Waals surface area (Å²) in [6, 6.07) is 0.653. The zero-order valence-electron chi connectivity index (χ0n) is 11.0. The molecule has 0 spiro atoms. The Morgan fingerprint density at radius 1 is 1.53 bits per heavy atom. The van der Waals surface area contributed by atoms with E-state index in [9.17, 15) is 4.79 Å². The number of hydrogen-bond acceptors (Lipinski definition) is 3. The van der Waals surface area contributed by atoms with Gasteiger partial charge in [-0.1, -0.05) is 0 Å². The lowest BCUT2D eigenvalue weighted by Crippen LogP contribution is -2.52. The second kappa shape index (κ2) is 9.18. The normalized spacial score (nSPS) is 21.9. The van der Waals surface area contributed by atoms with Gasteiger partial charge in [0.1, 0.15) is 0 Å². The summed E-state index contributed by atoms with van der Waals surface area (Å²) in [5, 5.41) is 6.47. The number of hydrogen-bond donors (Lipinski definition) is 2. The molecule has 0 aromatic carbocycles. The highest BCUT2D eigenvalue weighted by Gasteiger charge is 2.21. The van der Waals surface area contributed by atoms with E-state index in [1.165, 1.54) is 0 Å². The van der Waals surface area contributed by atoms with Gasteiger partial charge in [0, 0.05) is 37.4 Å². The number of nitrogens with zero attached hydrogens (tertiary/aromatic N) is 2. The summed E-state index contributed by atoms with van der Waals surface area (Å²) >= 11 is 0. The zero-order chi connectivity index (χ0) is 12.1. The fraction of sp³-hybridized carbons (Fsp3) is 0.667. The van der Waals surface area contributed by atoms with Crippen LogP contribution < -0.4 is 10.6 Å². The van der Waals surface area contributed by atoms with Crippen LogP contribution in [0.25, 0.3) is 0 Å². The highest BCUT2D eigenvalue weighted by Crippen LogP contribution is 2.08. The van der Waals surface area contributed by atoms with Crippen molar-refractivity contribution in [2.75, 3.05) is 6.54 Å². The third kappa shape index (κ3) is 5.80. The number of carbonyl (C=O) groups is 1. The highest BCUT2D eigenvalue weighted by atomic mass is 35.5. The minimum atomic E-state index is 0. The predicted octanol–water partition coefficient (Wildman–Crippen LogP) is 1.37. The lowest BCUT2D eigenvalue weighted by Gasteiger charge is -2.30. The van der Waals surface area contributed by atoms with Crippen LogP contribution in [0.5, 0.6) is 0 Å². The Morgan fingerprint density at radius 3 is 2.95 bits per heavy atom. The van der Waals surface area contributed by atoms with Gasteiger partial charge in [-0.2, -0.15) is 0 Å². The first-order valence-corrected chi connectivity index (χ1v) is 6.24. The molecule has 1 amide bonds. The molecule has 1 aliphatic heterocycles. The smallest absolute Gasteiger partial charge is 0.222 e. The van der Waals surface area contributed by atoms with Gasteiger partial charge in [-0.05, 0) is 26.3 Å². The summed E-state index contributed by atoms with van der Waals surface area (Å²) in [6.07, 6.45) is 8.06. The van der Waals surface area contributed by atoms with Crippen LogP contribution in [-0.2, 0) is 11.3 Å². The quantitative estimate of drug-likeness (QED) is 0.883. The van der Waals surface area contributed by atoms with Crippen LogP contribution in [0.1, 0.15) is 26.2 Å². The van der Waals surface area contributed by atoms with Crippen LogP contribution >= 0.6 is 24.8 Å². The van der Waals surface area contributed by atoms with Crippen LogP contribution in [0.15, 0.2) is 18.7 Å². The summed E-state index contributed by atoms with van der Waals surface area (Å²) in [6.45, 7) is 3.88. The summed E-state index contributed by atoms with van der Waals surface area (Å²) in [5.41, 5.74) is 0. The van der Waals surface area contributed by atoms with E-state index in [0.717, 1.165) is 19.4 Å². The first-order valence-electron chi connectivity index (χ1n) is 6.24. The van der Waals surface area contributed by atoms with E-state index in [-0.39, 0.29) is 36.8 Å². The Kier molecular flexibility index (Phi) is 8.80. The van der Waals surface area contributed by atoms with Gasteiger partial charge >= 0.3 is 0 Å². The Labute approximate surface area is 126 Å². The van der Waals surface area contributed by atoms with Crippen LogP contribution in [-0.4, -0.2) is 34.1 Å².